The van der Waals surface area contributed by atoms with Crippen LogP contribution in [0.5, 0.6) is 5.75 Å². The lowest BCUT2D eigenvalue weighted by Crippen LogP contribution is -2.27. The van der Waals surface area contributed by atoms with Crippen LogP contribution in [0.2, 0.25) is 0 Å². The second kappa shape index (κ2) is 8.12. The number of benzene rings is 1. The average molecular weight is 359 g/mol. The molecule has 0 atom stereocenters. The summed E-state index contributed by atoms with van der Waals surface area (Å²) in [5.41, 5.74) is 1.47. The van der Waals surface area contributed by atoms with Gasteiger partial charge in [0, 0.05) is 11.0 Å². The van der Waals surface area contributed by atoms with Crippen LogP contribution in [0.3, 0.4) is 0 Å². The fourth-order valence-electron chi connectivity index (χ4n) is 2.73. The standard InChI is InChI=1S/C16H26NO6P/c1-6-17-10-22-14(18)9-16(4,5)15-12(3)7-11(2)8-13(15)23-24(19,20)21/h7-8,17H,6,9-10H2,1-5H3,(H2,19,20,21). The third kappa shape index (κ3) is 6.24. The van der Waals surface area contributed by atoms with E-state index < -0.39 is 19.2 Å². The molecular weight excluding hydrogens is 333 g/mol. The number of ether oxygens (including phenoxy) is 1. The van der Waals surface area contributed by atoms with E-state index in [1.54, 1.807) is 13.0 Å². The fraction of sp³-hybridized carbons (Fsp3) is 0.562. The van der Waals surface area contributed by atoms with Crippen molar-refractivity contribution in [1.82, 2.24) is 5.32 Å². The van der Waals surface area contributed by atoms with Crippen LogP contribution in [0.4, 0.5) is 0 Å². The van der Waals surface area contributed by atoms with Gasteiger partial charge >= 0.3 is 13.8 Å². The van der Waals surface area contributed by atoms with Crippen molar-refractivity contribution in [2.24, 2.45) is 0 Å². The van der Waals surface area contributed by atoms with Gasteiger partial charge in [-0.05, 0) is 37.6 Å². The zero-order valence-electron chi connectivity index (χ0n) is 14.8. The van der Waals surface area contributed by atoms with Crippen molar-refractivity contribution >= 4 is 13.8 Å². The van der Waals surface area contributed by atoms with E-state index >= 15 is 0 Å². The minimum atomic E-state index is -4.71. The van der Waals surface area contributed by atoms with Crippen LogP contribution in [0, 0.1) is 13.8 Å². The second-order valence-electron chi connectivity index (χ2n) is 6.36. The van der Waals surface area contributed by atoms with Gasteiger partial charge in [-0.25, -0.2) is 4.57 Å². The van der Waals surface area contributed by atoms with Crippen LogP contribution in [-0.2, 0) is 19.5 Å². The first-order valence-corrected chi connectivity index (χ1v) is 9.22. The molecular formula is C16H26NO6P. The van der Waals surface area contributed by atoms with Gasteiger partial charge in [0.25, 0.3) is 0 Å². The third-order valence-corrected chi connectivity index (χ3v) is 3.94. The maximum atomic E-state index is 12.0. The topological polar surface area (TPSA) is 105 Å². The highest BCUT2D eigenvalue weighted by molar-refractivity contribution is 7.46. The maximum Gasteiger partial charge on any atom is 0.524 e. The predicted molar refractivity (Wildman–Crippen MR) is 90.9 cm³/mol. The predicted octanol–water partition coefficient (Wildman–Crippen LogP) is 2.55. The molecule has 24 heavy (non-hydrogen) atoms. The summed E-state index contributed by atoms with van der Waals surface area (Å²) in [6, 6.07) is 3.45. The maximum absolute atomic E-state index is 12.0. The molecule has 0 amide bonds. The highest BCUT2D eigenvalue weighted by Crippen LogP contribution is 2.45. The van der Waals surface area contributed by atoms with Gasteiger partial charge in [0.15, 0.2) is 0 Å². The first-order valence-electron chi connectivity index (χ1n) is 7.69. The number of phosphoric ester groups is 1. The molecule has 7 nitrogen and oxygen atoms in total. The summed E-state index contributed by atoms with van der Waals surface area (Å²) in [6.07, 6.45) is 0.0554. The van der Waals surface area contributed by atoms with Gasteiger partial charge in [-0.15, -0.1) is 0 Å². The minimum Gasteiger partial charge on any atom is -0.450 e. The van der Waals surface area contributed by atoms with Crippen molar-refractivity contribution in [3.8, 4) is 5.75 Å². The number of rotatable bonds is 8. The van der Waals surface area contributed by atoms with Crippen molar-refractivity contribution in [2.75, 3.05) is 13.3 Å². The van der Waals surface area contributed by atoms with Gasteiger partial charge in [-0.2, -0.15) is 0 Å². The van der Waals surface area contributed by atoms with E-state index in [0.29, 0.717) is 12.1 Å². The summed E-state index contributed by atoms with van der Waals surface area (Å²) in [5, 5.41) is 2.90. The van der Waals surface area contributed by atoms with Crippen LogP contribution in [-0.4, -0.2) is 29.0 Å². The van der Waals surface area contributed by atoms with E-state index in [-0.39, 0.29) is 18.9 Å². The number of hydrogen-bond acceptors (Lipinski definition) is 5. The molecule has 0 fully saturated rings. The Kier molecular flexibility index (Phi) is 6.98. The van der Waals surface area contributed by atoms with Crippen molar-refractivity contribution in [1.29, 1.82) is 0 Å². The molecule has 1 rings (SSSR count). The Bertz CT molecular complexity index is 638. The molecule has 1 aromatic carbocycles. The van der Waals surface area contributed by atoms with E-state index in [1.165, 1.54) is 0 Å². The highest BCUT2D eigenvalue weighted by Gasteiger charge is 2.32. The molecule has 0 radical (unpaired) electrons. The quantitative estimate of drug-likeness (QED) is 0.283. The first-order chi connectivity index (χ1) is 11.0. The Morgan fingerprint density at radius 2 is 1.92 bits per heavy atom. The first kappa shape index (κ1) is 20.6. The molecule has 3 N–H and O–H groups in total. The lowest BCUT2D eigenvalue weighted by Gasteiger charge is -2.29. The van der Waals surface area contributed by atoms with Gasteiger partial charge < -0.3 is 9.26 Å². The van der Waals surface area contributed by atoms with E-state index in [0.717, 1.165) is 11.1 Å². The van der Waals surface area contributed by atoms with Gasteiger partial charge in [0.05, 0.1) is 6.42 Å². The molecule has 8 heteroatoms. The summed E-state index contributed by atoms with van der Waals surface area (Å²) in [7, 11) is -4.71. The number of hydrogen-bond donors (Lipinski definition) is 3. The largest absolute Gasteiger partial charge is 0.524 e. The molecule has 0 aliphatic carbocycles. The van der Waals surface area contributed by atoms with Crippen LogP contribution in [0.1, 0.15) is 43.9 Å². The summed E-state index contributed by atoms with van der Waals surface area (Å²) >= 11 is 0. The molecule has 0 bridgehead atoms. The molecule has 0 aromatic heterocycles. The van der Waals surface area contributed by atoms with Crippen molar-refractivity contribution in [3.63, 3.8) is 0 Å². The second-order valence-corrected chi connectivity index (χ2v) is 7.53. The molecule has 0 spiro atoms. The average Bonchev–Trinajstić information content (AvgIpc) is 2.34. The Hall–Kier alpha value is -1.40. The Morgan fingerprint density at radius 1 is 1.29 bits per heavy atom. The van der Waals surface area contributed by atoms with Crippen LogP contribution in [0.15, 0.2) is 12.1 Å². The molecule has 0 aliphatic rings. The zero-order valence-corrected chi connectivity index (χ0v) is 15.6. The highest BCUT2D eigenvalue weighted by atomic mass is 31.2. The monoisotopic (exact) mass is 359 g/mol. The van der Waals surface area contributed by atoms with Gasteiger partial charge in [0.1, 0.15) is 12.5 Å². The van der Waals surface area contributed by atoms with Crippen molar-refractivity contribution in [3.05, 3.63) is 28.8 Å². The third-order valence-electron chi connectivity index (χ3n) is 3.51. The smallest absolute Gasteiger partial charge is 0.450 e. The number of carbonyl (C=O) groups is 1. The SMILES string of the molecule is CCNCOC(=O)CC(C)(C)c1c(C)cc(C)cc1OP(=O)(O)O. The number of nitrogens with one attached hydrogen (secondary N) is 1. The van der Waals surface area contributed by atoms with Crippen LogP contribution in [0.25, 0.3) is 0 Å². The van der Waals surface area contributed by atoms with E-state index in [1.807, 2.05) is 33.8 Å². The fourth-order valence-corrected chi connectivity index (χ4v) is 3.13. The van der Waals surface area contributed by atoms with Gasteiger partial charge in [0.2, 0.25) is 0 Å². The van der Waals surface area contributed by atoms with Crippen LogP contribution < -0.4 is 9.84 Å². The number of carbonyl (C=O) groups excluding carboxylic acids is 1. The summed E-state index contributed by atoms with van der Waals surface area (Å²) in [5.74, 6) is -0.312. The van der Waals surface area contributed by atoms with E-state index in [9.17, 15) is 9.36 Å². The lowest BCUT2D eigenvalue weighted by atomic mass is 9.78. The molecule has 1 aromatic rings. The summed E-state index contributed by atoms with van der Waals surface area (Å²) in [6.45, 7) is 9.97. The molecule has 0 aliphatic heterocycles. The Morgan fingerprint density at radius 3 is 2.46 bits per heavy atom. The van der Waals surface area contributed by atoms with Crippen LogP contribution >= 0.6 is 7.82 Å². The van der Waals surface area contributed by atoms with Crippen molar-refractivity contribution in [2.45, 2.75) is 46.5 Å². The zero-order chi connectivity index (χ0) is 18.5. The normalized spacial score (nSPS) is 12.1. The lowest BCUT2D eigenvalue weighted by molar-refractivity contribution is -0.145. The minimum absolute atomic E-state index is 0.0554. The molecule has 0 unspecified atom stereocenters. The molecule has 136 valence electrons. The van der Waals surface area contributed by atoms with Crippen molar-refractivity contribution < 1.29 is 28.4 Å². The number of aryl methyl sites for hydroxylation is 2. The van der Waals surface area contributed by atoms with E-state index in [2.05, 4.69) is 5.32 Å². The number of esters is 1. The molecule has 0 heterocycles. The Labute approximate surface area is 142 Å². The van der Waals surface area contributed by atoms with Gasteiger partial charge in [-0.1, -0.05) is 26.8 Å². The number of phosphoric acid groups is 1. The summed E-state index contributed by atoms with van der Waals surface area (Å²) < 4.78 is 21.2. The molecule has 0 saturated carbocycles. The van der Waals surface area contributed by atoms with E-state index in [4.69, 9.17) is 19.0 Å². The summed E-state index contributed by atoms with van der Waals surface area (Å²) in [4.78, 5) is 30.3. The Balaban J connectivity index is 3.13. The van der Waals surface area contributed by atoms with Gasteiger partial charge in [-0.3, -0.25) is 19.9 Å². The molecule has 0 saturated heterocycles.